The number of hydrazone groups is 1. The van der Waals surface area contributed by atoms with Crippen LogP contribution in [-0.4, -0.2) is 36.6 Å². The Bertz CT molecular complexity index is 1370. The van der Waals surface area contributed by atoms with Gasteiger partial charge in [0.25, 0.3) is 0 Å². The maximum atomic E-state index is 13.5. The number of nitrogen functional groups attached to an aromatic ring is 2. The molecule has 34 heavy (non-hydrogen) atoms. The van der Waals surface area contributed by atoms with E-state index in [1.807, 2.05) is 0 Å². The topological polar surface area (TPSA) is 204 Å². The number of carbonyl (C=O) groups is 2. The molecule has 11 nitrogen and oxygen atoms in total. The molecular formula is C22H22N6O5S. The van der Waals surface area contributed by atoms with E-state index < -0.39 is 38.6 Å². The smallest absolute Gasteiger partial charge is 0.303 e. The van der Waals surface area contributed by atoms with Crippen molar-refractivity contribution in [2.45, 2.75) is 22.6 Å². The Morgan fingerprint density at radius 1 is 1.09 bits per heavy atom. The summed E-state index contributed by atoms with van der Waals surface area (Å²) in [5.41, 5.74) is 12.1. The zero-order chi connectivity index (χ0) is 24.9. The van der Waals surface area contributed by atoms with Crippen molar-refractivity contribution in [3.8, 4) is 0 Å². The van der Waals surface area contributed by atoms with Crippen molar-refractivity contribution in [2.75, 3.05) is 16.8 Å². The lowest BCUT2D eigenvalue weighted by Gasteiger charge is -2.17. The van der Waals surface area contributed by atoms with Crippen LogP contribution in [0.15, 0.2) is 69.5 Å². The van der Waals surface area contributed by atoms with Crippen LogP contribution in [0.4, 0.5) is 17.2 Å². The first-order valence-corrected chi connectivity index (χ1v) is 11.4. The summed E-state index contributed by atoms with van der Waals surface area (Å²) in [6.45, 7) is 0. The molecule has 0 fully saturated rings. The van der Waals surface area contributed by atoms with Crippen molar-refractivity contribution in [1.82, 2.24) is 4.98 Å². The Morgan fingerprint density at radius 3 is 2.44 bits per heavy atom. The number of carboxylic acid groups (broad SMARTS) is 1. The minimum atomic E-state index is -4.26. The molecule has 3 rings (SSSR count). The van der Waals surface area contributed by atoms with Crippen LogP contribution in [0.2, 0.25) is 0 Å². The highest BCUT2D eigenvalue weighted by molar-refractivity contribution is 7.91. The number of nitrogens with zero attached hydrogens (tertiary/aromatic N) is 2. The number of ketones is 1. The zero-order valence-corrected chi connectivity index (χ0v) is 18.6. The number of benzene rings is 2. The zero-order valence-electron chi connectivity index (χ0n) is 17.8. The van der Waals surface area contributed by atoms with E-state index in [0.29, 0.717) is 5.69 Å². The predicted molar refractivity (Wildman–Crippen MR) is 127 cm³/mol. The molecule has 0 unspecified atom stereocenters. The van der Waals surface area contributed by atoms with E-state index in [1.54, 1.807) is 18.2 Å². The highest BCUT2D eigenvalue weighted by Crippen LogP contribution is 2.35. The molecule has 2 aromatic carbocycles. The van der Waals surface area contributed by atoms with Gasteiger partial charge in [-0.1, -0.05) is 30.3 Å². The van der Waals surface area contributed by atoms with E-state index in [1.165, 1.54) is 42.7 Å². The lowest BCUT2D eigenvalue weighted by atomic mass is 10.0. The molecule has 0 saturated carbocycles. The van der Waals surface area contributed by atoms with Gasteiger partial charge in [-0.25, -0.2) is 13.4 Å². The number of hydrogen-bond acceptors (Lipinski definition) is 9. The van der Waals surface area contributed by atoms with E-state index in [2.05, 4.69) is 15.4 Å². The molecule has 8 N–H and O–H groups in total. The van der Waals surface area contributed by atoms with Gasteiger partial charge in [0.15, 0.2) is 0 Å². The van der Waals surface area contributed by atoms with E-state index in [-0.39, 0.29) is 34.0 Å². The van der Waals surface area contributed by atoms with Crippen LogP contribution >= 0.6 is 0 Å². The van der Waals surface area contributed by atoms with E-state index >= 15 is 0 Å². The Hall–Kier alpha value is -4.45. The fourth-order valence-electron chi connectivity index (χ4n) is 3.30. The normalized spacial score (nSPS) is 11.4. The Kier molecular flexibility index (Phi) is 7.12. The van der Waals surface area contributed by atoms with Crippen LogP contribution in [0.3, 0.4) is 0 Å². The van der Waals surface area contributed by atoms with Crippen LogP contribution in [0, 0.1) is 0 Å². The van der Waals surface area contributed by atoms with Gasteiger partial charge < -0.3 is 27.7 Å². The maximum absolute atomic E-state index is 13.5. The molecule has 12 heteroatoms. The number of aromatic nitrogens is 1. The molecule has 0 aliphatic rings. The summed E-state index contributed by atoms with van der Waals surface area (Å²) in [5.74, 6) is 2.94. The van der Waals surface area contributed by atoms with Gasteiger partial charge in [-0.05, 0) is 30.7 Å². The van der Waals surface area contributed by atoms with Crippen LogP contribution in [0.25, 0.3) is 0 Å². The molecule has 0 amide bonds. The highest BCUT2D eigenvalue weighted by Gasteiger charge is 2.31. The quantitative estimate of drug-likeness (QED) is 0.0980. The number of carbonyl (C=O) groups excluding carboxylic acids is 1. The lowest BCUT2D eigenvalue weighted by Crippen LogP contribution is -2.19. The molecule has 176 valence electrons. The van der Waals surface area contributed by atoms with E-state index in [0.717, 1.165) is 0 Å². The van der Waals surface area contributed by atoms with Crippen molar-refractivity contribution < 1.29 is 23.1 Å². The monoisotopic (exact) mass is 482 g/mol. The van der Waals surface area contributed by atoms with Crippen molar-refractivity contribution in [1.29, 1.82) is 0 Å². The van der Waals surface area contributed by atoms with Crippen molar-refractivity contribution in [3.63, 3.8) is 0 Å². The molecule has 0 aliphatic carbocycles. The van der Waals surface area contributed by atoms with Gasteiger partial charge in [-0.2, -0.15) is 5.10 Å². The number of pyridine rings is 1. The molecule has 0 bridgehead atoms. The maximum Gasteiger partial charge on any atom is 0.303 e. The predicted octanol–water partition coefficient (Wildman–Crippen LogP) is 1.64. The Labute approximate surface area is 195 Å². The molecule has 0 spiro atoms. The van der Waals surface area contributed by atoms with Gasteiger partial charge in [0.2, 0.25) is 15.6 Å². The largest absolute Gasteiger partial charge is 0.481 e. The number of sulfone groups is 1. The minimum absolute atomic E-state index is 0.0603. The summed E-state index contributed by atoms with van der Waals surface area (Å²) in [5, 5.41) is 15.2. The SMILES string of the molecule is NN=CNc1cccc(C(=O)c2nc(N)c(CCC(=O)O)c(S(=O)(=O)c3ccccc3)c2N)c1. The molecule has 3 aromatic rings. The van der Waals surface area contributed by atoms with Gasteiger partial charge in [0, 0.05) is 23.2 Å². The third-order valence-electron chi connectivity index (χ3n) is 4.87. The number of nitrogens with one attached hydrogen (secondary N) is 1. The Morgan fingerprint density at radius 2 is 1.79 bits per heavy atom. The molecule has 1 aromatic heterocycles. The number of carboxylic acids is 1. The second-order valence-electron chi connectivity index (χ2n) is 7.11. The molecule has 0 saturated heterocycles. The summed E-state index contributed by atoms with van der Waals surface area (Å²) < 4.78 is 27.0. The second-order valence-corrected chi connectivity index (χ2v) is 9.00. The average molecular weight is 483 g/mol. The summed E-state index contributed by atoms with van der Waals surface area (Å²) in [7, 11) is -4.26. The van der Waals surface area contributed by atoms with Crippen LogP contribution in [0.5, 0.6) is 0 Å². The lowest BCUT2D eigenvalue weighted by molar-refractivity contribution is -0.136. The van der Waals surface area contributed by atoms with Gasteiger partial charge in [-0.3, -0.25) is 9.59 Å². The fraction of sp³-hybridized carbons (Fsp3) is 0.0909. The average Bonchev–Trinajstić information content (AvgIpc) is 2.82. The first-order chi connectivity index (χ1) is 16.2. The summed E-state index contributed by atoms with van der Waals surface area (Å²) in [4.78, 5) is 28.0. The molecule has 1 heterocycles. The standard InChI is InChI=1S/C22H22N6O5S/c23-18-19(20(31)13-5-4-6-14(11-13)26-12-27-25)28-22(24)16(9-10-17(29)30)21(18)34(32,33)15-7-2-1-3-8-15/h1-8,11-12H,9-10,23,25H2,(H2,24,28)(H,26,27)(H,29,30). The van der Waals surface area contributed by atoms with Crippen LogP contribution in [0.1, 0.15) is 28.0 Å². The number of aliphatic carboxylic acids is 1. The highest BCUT2D eigenvalue weighted by atomic mass is 32.2. The van der Waals surface area contributed by atoms with Crippen LogP contribution < -0.4 is 22.6 Å². The summed E-state index contributed by atoms with van der Waals surface area (Å²) >= 11 is 0. The number of rotatable bonds is 9. The molecule has 0 atom stereocenters. The third kappa shape index (κ3) is 4.96. The van der Waals surface area contributed by atoms with E-state index in [4.69, 9.17) is 22.4 Å². The molecule has 0 aliphatic heterocycles. The molecule has 0 radical (unpaired) electrons. The summed E-state index contributed by atoms with van der Waals surface area (Å²) in [6, 6.07) is 13.6. The minimum Gasteiger partial charge on any atom is -0.481 e. The van der Waals surface area contributed by atoms with Crippen LogP contribution in [-0.2, 0) is 21.1 Å². The van der Waals surface area contributed by atoms with Gasteiger partial charge in [0.05, 0.1) is 10.6 Å². The summed E-state index contributed by atoms with van der Waals surface area (Å²) in [6.07, 6.45) is 0.564. The van der Waals surface area contributed by atoms with Crippen molar-refractivity contribution in [3.05, 3.63) is 71.4 Å². The van der Waals surface area contributed by atoms with Gasteiger partial charge >= 0.3 is 5.97 Å². The fourth-order valence-corrected chi connectivity index (χ4v) is 4.97. The van der Waals surface area contributed by atoms with Crippen molar-refractivity contribution >= 4 is 45.1 Å². The van der Waals surface area contributed by atoms with Gasteiger partial charge in [0.1, 0.15) is 22.7 Å². The number of nitrogens with two attached hydrogens (primary N) is 3. The first kappa shape index (κ1) is 24.2. The van der Waals surface area contributed by atoms with Gasteiger partial charge in [-0.15, -0.1) is 0 Å². The Balaban J connectivity index is 2.21. The van der Waals surface area contributed by atoms with Crippen molar-refractivity contribution in [2.24, 2.45) is 10.9 Å². The molecular weight excluding hydrogens is 460 g/mol. The number of anilines is 3. The first-order valence-electron chi connectivity index (χ1n) is 9.89. The van der Waals surface area contributed by atoms with E-state index in [9.17, 15) is 18.0 Å². The second kappa shape index (κ2) is 10.0. The number of hydrogen-bond donors (Lipinski definition) is 5. The third-order valence-corrected chi connectivity index (χ3v) is 6.77.